The Morgan fingerprint density at radius 2 is 1.83 bits per heavy atom. The molecule has 0 saturated heterocycles. The van der Waals surface area contributed by atoms with Crippen LogP contribution in [-0.4, -0.2) is 33.5 Å². The second kappa shape index (κ2) is 11.2. The zero-order valence-electron chi connectivity index (χ0n) is 18.7. The molecule has 0 aliphatic carbocycles. The van der Waals surface area contributed by atoms with Crippen LogP contribution in [0.4, 0.5) is 11.4 Å². The van der Waals surface area contributed by atoms with Crippen LogP contribution in [0, 0.1) is 0 Å². The van der Waals surface area contributed by atoms with E-state index in [1.54, 1.807) is 12.3 Å². The number of aliphatic hydroxyl groups is 1. The number of carbonyl (C=O) groups excluding carboxylic acids is 1. The molecule has 1 amide bonds. The summed E-state index contributed by atoms with van der Waals surface area (Å²) in [5.74, 6) is -0.309. The molecular weight excluding hydrogens is 454 g/mol. The lowest BCUT2D eigenvalue weighted by molar-refractivity contribution is 0.102. The predicted octanol–water partition coefficient (Wildman–Crippen LogP) is 5.16. The summed E-state index contributed by atoms with van der Waals surface area (Å²) in [5, 5.41) is 35.5. The maximum absolute atomic E-state index is 13.0. The van der Waals surface area contributed by atoms with Crippen molar-refractivity contribution in [2.45, 2.75) is 20.1 Å². The van der Waals surface area contributed by atoms with Gasteiger partial charge in [0.05, 0.1) is 11.9 Å². The van der Waals surface area contributed by atoms with Gasteiger partial charge in [0.1, 0.15) is 18.3 Å². The molecule has 9 heteroatoms. The molecular formula is C27H27N7O2. The van der Waals surface area contributed by atoms with E-state index in [2.05, 4.69) is 36.3 Å². The van der Waals surface area contributed by atoms with Crippen LogP contribution in [0.2, 0.25) is 0 Å². The predicted molar refractivity (Wildman–Crippen MR) is 140 cm³/mol. The number of para-hydroxylation sites is 1. The minimum Gasteiger partial charge on any atom is -0.384 e. The molecule has 1 atom stereocenters. The lowest BCUT2D eigenvalue weighted by atomic mass is 10.00. The lowest BCUT2D eigenvalue weighted by Gasteiger charge is -2.17. The molecule has 0 bridgehead atoms. The Balaban J connectivity index is 0.00000304. The van der Waals surface area contributed by atoms with Gasteiger partial charge < -0.3 is 15.7 Å². The van der Waals surface area contributed by atoms with Gasteiger partial charge >= 0.3 is 0 Å². The third-order valence-corrected chi connectivity index (χ3v) is 5.69. The first-order valence-electron chi connectivity index (χ1n) is 11.1. The maximum Gasteiger partial charge on any atom is 0.274 e. The summed E-state index contributed by atoms with van der Waals surface area (Å²) in [6.07, 6.45) is 0.842. The summed E-state index contributed by atoms with van der Waals surface area (Å²) in [5.41, 5.74) is 5.62. The first kappa shape index (κ1) is 24.5. The topological polar surface area (TPSA) is 127 Å². The Hall–Kier alpha value is -4.63. The third-order valence-electron chi connectivity index (χ3n) is 5.69. The number of anilines is 2. The first-order valence-corrected chi connectivity index (χ1v) is 11.1. The molecule has 3 aromatic carbocycles. The molecule has 0 radical (unpaired) electrons. The van der Waals surface area contributed by atoms with Gasteiger partial charge in [0.2, 0.25) is 0 Å². The number of benzene rings is 3. The van der Waals surface area contributed by atoms with Gasteiger partial charge in [-0.1, -0.05) is 68.1 Å². The quantitative estimate of drug-likeness (QED) is 0.277. The second-order valence-electron chi connectivity index (χ2n) is 7.99. The van der Waals surface area contributed by atoms with E-state index >= 15 is 0 Å². The number of hydrogen-bond donors (Lipinski definition) is 4. The highest BCUT2D eigenvalue weighted by molar-refractivity contribution is 6.06. The van der Waals surface area contributed by atoms with Gasteiger partial charge in [-0.05, 0) is 29.0 Å². The number of aromatic amines is 1. The van der Waals surface area contributed by atoms with Crippen molar-refractivity contribution in [1.29, 1.82) is 0 Å². The van der Waals surface area contributed by atoms with Crippen LogP contribution < -0.4 is 10.6 Å². The fourth-order valence-corrected chi connectivity index (χ4v) is 3.88. The van der Waals surface area contributed by atoms with Gasteiger partial charge in [0, 0.05) is 34.6 Å². The number of nitrogens with one attached hydrogen (secondary N) is 3. The van der Waals surface area contributed by atoms with Crippen molar-refractivity contribution in [3.63, 3.8) is 0 Å². The fraction of sp³-hybridized carbons (Fsp3) is 0.148. The average Bonchev–Trinajstić information content (AvgIpc) is 3.61. The van der Waals surface area contributed by atoms with Gasteiger partial charge in [-0.25, -0.2) is 0 Å². The number of amides is 1. The molecule has 0 unspecified atom stereocenters. The van der Waals surface area contributed by atoms with Crippen molar-refractivity contribution in [1.82, 2.24) is 10.2 Å². The number of nitrogens with zero attached hydrogens (tertiary/aromatic N) is 4. The average molecular weight is 482 g/mol. The standard InChI is InChI=1S/C26H23N7O2.CH4/c34-25(17-7-2-1-3-8-17)21-11-4-5-12-22(21)27-14-19-15-28-32-24(19)26(35)30-20-10-6-9-18(13-20)23-16-29-33-31-23;/h1-13,15,25,27,34H,14,16H2,(H,28,32)(H,30,35);1H4/t25-;/m1./s1. The molecule has 36 heavy (non-hydrogen) atoms. The second-order valence-corrected chi connectivity index (χ2v) is 7.99. The molecule has 1 aliphatic rings. The Kier molecular flexibility index (Phi) is 7.62. The van der Waals surface area contributed by atoms with E-state index < -0.39 is 6.10 Å². The molecule has 5 rings (SSSR count). The number of H-pyrrole nitrogens is 1. The van der Waals surface area contributed by atoms with Gasteiger partial charge in [0.15, 0.2) is 0 Å². The zero-order chi connectivity index (χ0) is 24.0. The van der Waals surface area contributed by atoms with Gasteiger partial charge in [-0.2, -0.15) is 10.2 Å². The minimum atomic E-state index is -0.774. The molecule has 1 aromatic heterocycles. The normalized spacial score (nSPS) is 13.0. The van der Waals surface area contributed by atoms with E-state index in [0.717, 1.165) is 28.1 Å². The van der Waals surface area contributed by atoms with Crippen LogP contribution in [-0.2, 0) is 6.54 Å². The molecule has 0 spiro atoms. The Bertz CT molecular complexity index is 1400. The minimum absolute atomic E-state index is 0. The molecule has 4 aromatic rings. The molecule has 0 saturated carbocycles. The summed E-state index contributed by atoms with van der Waals surface area (Å²) in [4.78, 5) is 13.0. The number of rotatable bonds is 8. The van der Waals surface area contributed by atoms with Gasteiger partial charge in [0.25, 0.3) is 5.91 Å². The Labute approximate surface area is 209 Å². The first-order chi connectivity index (χ1) is 17.2. The van der Waals surface area contributed by atoms with Crippen LogP contribution in [0.15, 0.2) is 100 Å². The van der Waals surface area contributed by atoms with E-state index in [9.17, 15) is 9.90 Å². The number of hydrogen-bond acceptors (Lipinski definition) is 7. The highest BCUT2D eigenvalue weighted by atomic mass is 16.3. The van der Waals surface area contributed by atoms with Crippen LogP contribution in [0.3, 0.4) is 0 Å². The summed E-state index contributed by atoms with van der Waals surface area (Å²) >= 11 is 0. The van der Waals surface area contributed by atoms with E-state index in [4.69, 9.17) is 0 Å². The summed E-state index contributed by atoms with van der Waals surface area (Å²) in [7, 11) is 0. The lowest BCUT2D eigenvalue weighted by Crippen LogP contribution is -2.16. The largest absolute Gasteiger partial charge is 0.384 e. The van der Waals surface area contributed by atoms with Crippen molar-refractivity contribution < 1.29 is 9.90 Å². The van der Waals surface area contributed by atoms with E-state index in [1.165, 1.54) is 0 Å². The van der Waals surface area contributed by atoms with Crippen molar-refractivity contribution in [2.75, 3.05) is 17.2 Å². The highest BCUT2D eigenvalue weighted by Gasteiger charge is 2.17. The Morgan fingerprint density at radius 1 is 1.03 bits per heavy atom. The molecule has 1 aliphatic heterocycles. The van der Waals surface area contributed by atoms with Crippen molar-refractivity contribution in [2.24, 2.45) is 15.4 Å². The van der Waals surface area contributed by atoms with Crippen LogP contribution in [0.5, 0.6) is 0 Å². The third kappa shape index (κ3) is 5.37. The van der Waals surface area contributed by atoms with E-state index in [0.29, 0.717) is 30.0 Å². The molecule has 0 fully saturated rings. The van der Waals surface area contributed by atoms with Crippen LogP contribution >= 0.6 is 0 Å². The Morgan fingerprint density at radius 3 is 2.64 bits per heavy atom. The monoisotopic (exact) mass is 481 g/mol. The number of aliphatic hydroxyl groups excluding tert-OH is 1. The summed E-state index contributed by atoms with van der Waals surface area (Å²) in [6, 6.07) is 24.4. The fourth-order valence-electron chi connectivity index (χ4n) is 3.88. The van der Waals surface area contributed by atoms with Gasteiger partial charge in [-0.3, -0.25) is 9.89 Å². The van der Waals surface area contributed by atoms with Crippen molar-refractivity contribution >= 4 is 23.0 Å². The van der Waals surface area contributed by atoms with Gasteiger partial charge in [-0.15, -0.1) is 5.10 Å². The molecule has 9 nitrogen and oxygen atoms in total. The smallest absolute Gasteiger partial charge is 0.274 e. The summed E-state index contributed by atoms with van der Waals surface area (Å²) < 4.78 is 0. The van der Waals surface area contributed by atoms with E-state index in [1.807, 2.05) is 72.8 Å². The summed E-state index contributed by atoms with van der Waals surface area (Å²) in [6.45, 7) is 0.770. The number of aromatic nitrogens is 2. The van der Waals surface area contributed by atoms with E-state index in [-0.39, 0.29) is 13.3 Å². The number of carbonyl (C=O) groups is 1. The highest BCUT2D eigenvalue weighted by Crippen LogP contribution is 2.28. The van der Waals surface area contributed by atoms with Crippen molar-refractivity contribution in [3.8, 4) is 0 Å². The molecule has 4 N–H and O–H groups in total. The van der Waals surface area contributed by atoms with Crippen LogP contribution in [0.1, 0.15) is 46.3 Å². The SMILES string of the molecule is C.O=C(Nc1cccc(C2=NN=NC2)c1)c1[nH]ncc1CNc1ccccc1[C@H](O)c1ccccc1. The zero-order valence-corrected chi connectivity index (χ0v) is 18.7. The maximum atomic E-state index is 13.0. The van der Waals surface area contributed by atoms with Crippen molar-refractivity contribution in [3.05, 3.63) is 113 Å². The van der Waals surface area contributed by atoms with Crippen LogP contribution in [0.25, 0.3) is 0 Å². The molecule has 182 valence electrons. The molecule has 2 heterocycles.